The normalized spacial score (nSPS) is 15.4. The van der Waals surface area contributed by atoms with Gasteiger partial charge in [-0.2, -0.15) is 0 Å². The van der Waals surface area contributed by atoms with Crippen molar-refractivity contribution in [1.82, 2.24) is 4.98 Å². The Morgan fingerprint density at radius 3 is 2.56 bits per heavy atom. The number of aromatic nitrogens is 1. The van der Waals surface area contributed by atoms with Crippen LogP contribution in [0.1, 0.15) is 29.8 Å². The molecule has 1 aliphatic rings. The number of nitrogens with zero attached hydrogens (tertiary/aromatic N) is 1. The molecule has 1 amide bonds. The van der Waals surface area contributed by atoms with Crippen molar-refractivity contribution in [2.24, 2.45) is 0 Å². The highest BCUT2D eigenvalue weighted by Gasteiger charge is 2.45. The van der Waals surface area contributed by atoms with E-state index in [1.54, 1.807) is 11.3 Å². The fourth-order valence-electron chi connectivity index (χ4n) is 3.44. The number of benzene rings is 2. The molecule has 25 heavy (non-hydrogen) atoms. The van der Waals surface area contributed by atoms with E-state index in [2.05, 4.69) is 22.4 Å². The van der Waals surface area contributed by atoms with Gasteiger partial charge in [-0.25, -0.2) is 4.98 Å². The molecule has 3 aromatic rings. The number of carbonyl (C=O) groups excluding carboxylic acids is 1. The summed E-state index contributed by atoms with van der Waals surface area (Å²) in [5.74, 6) is 0.0940. The van der Waals surface area contributed by atoms with E-state index < -0.39 is 0 Å². The summed E-state index contributed by atoms with van der Waals surface area (Å²) in [5.41, 5.74) is 3.55. The maximum Gasteiger partial charge on any atom is 0.235 e. The molecular formula is C21H20N2OS. The van der Waals surface area contributed by atoms with Gasteiger partial charge in [-0.3, -0.25) is 4.79 Å². The Hall–Kier alpha value is -2.46. The molecule has 0 aliphatic heterocycles. The van der Waals surface area contributed by atoms with Crippen molar-refractivity contribution in [3.63, 3.8) is 0 Å². The summed E-state index contributed by atoms with van der Waals surface area (Å²) in [6, 6.07) is 18.1. The van der Waals surface area contributed by atoms with E-state index in [1.807, 2.05) is 54.8 Å². The monoisotopic (exact) mass is 348 g/mol. The van der Waals surface area contributed by atoms with Crippen LogP contribution in [0.15, 0.2) is 60.0 Å². The molecule has 4 rings (SSSR count). The van der Waals surface area contributed by atoms with Crippen LogP contribution in [0.5, 0.6) is 0 Å². The molecule has 0 spiro atoms. The van der Waals surface area contributed by atoms with Crippen molar-refractivity contribution in [3.8, 4) is 11.3 Å². The molecule has 1 aliphatic carbocycles. The van der Waals surface area contributed by atoms with Crippen LogP contribution in [0.25, 0.3) is 11.3 Å². The van der Waals surface area contributed by atoms with E-state index in [0.717, 1.165) is 46.8 Å². The van der Waals surface area contributed by atoms with E-state index in [-0.39, 0.29) is 11.3 Å². The third-order valence-electron chi connectivity index (χ3n) is 5.00. The maximum absolute atomic E-state index is 13.0. The SMILES string of the molecule is Cc1nc(-c2cccc(NC(=O)C3(c4ccccc4)CCC3)c2)cs1. The van der Waals surface area contributed by atoms with Gasteiger partial charge >= 0.3 is 0 Å². The molecule has 2 aromatic carbocycles. The predicted octanol–water partition coefficient (Wildman–Crippen LogP) is 5.18. The average Bonchev–Trinajstić information content (AvgIpc) is 3.02. The van der Waals surface area contributed by atoms with Gasteiger partial charge < -0.3 is 5.32 Å². The summed E-state index contributed by atoms with van der Waals surface area (Å²) in [5, 5.41) is 6.23. The number of carbonyl (C=O) groups is 1. The fourth-order valence-corrected chi connectivity index (χ4v) is 4.06. The standard InChI is InChI=1S/C21H20N2OS/c1-15-22-19(14-25-15)16-7-5-10-18(13-16)23-20(24)21(11-6-12-21)17-8-3-2-4-9-17/h2-5,7-10,13-14H,6,11-12H2,1H3,(H,23,24). The van der Waals surface area contributed by atoms with Gasteiger partial charge in [0.05, 0.1) is 16.1 Å². The molecule has 4 heteroatoms. The van der Waals surface area contributed by atoms with Crippen LogP contribution in [0.3, 0.4) is 0 Å². The third kappa shape index (κ3) is 2.98. The molecule has 0 bridgehead atoms. The van der Waals surface area contributed by atoms with Gasteiger partial charge in [-0.1, -0.05) is 48.9 Å². The number of aryl methyl sites for hydroxylation is 1. The van der Waals surface area contributed by atoms with Gasteiger partial charge in [0.2, 0.25) is 5.91 Å². The Morgan fingerprint density at radius 1 is 1.12 bits per heavy atom. The largest absolute Gasteiger partial charge is 0.325 e. The number of anilines is 1. The Kier molecular flexibility index (Phi) is 4.14. The van der Waals surface area contributed by atoms with Gasteiger partial charge in [0.15, 0.2) is 0 Å². The number of rotatable bonds is 4. The highest BCUT2D eigenvalue weighted by atomic mass is 32.1. The van der Waals surface area contributed by atoms with E-state index in [9.17, 15) is 4.79 Å². The summed E-state index contributed by atoms with van der Waals surface area (Å²) < 4.78 is 0. The van der Waals surface area contributed by atoms with Crippen molar-refractivity contribution in [2.45, 2.75) is 31.6 Å². The molecule has 0 radical (unpaired) electrons. The fraction of sp³-hybridized carbons (Fsp3) is 0.238. The van der Waals surface area contributed by atoms with Crippen LogP contribution < -0.4 is 5.32 Å². The minimum Gasteiger partial charge on any atom is -0.325 e. The Labute approximate surface area is 151 Å². The Morgan fingerprint density at radius 2 is 1.92 bits per heavy atom. The summed E-state index contributed by atoms with van der Waals surface area (Å²) >= 11 is 1.63. The van der Waals surface area contributed by atoms with Gasteiger partial charge in [0.1, 0.15) is 0 Å². The number of thiazole rings is 1. The zero-order valence-corrected chi connectivity index (χ0v) is 15.0. The molecule has 1 fully saturated rings. The number of nitrogens with one attached hydrogen (secondary N) is 1. The Balaban J connectivity index is 1.59. The third-order valence-corrected chi connectivity index (χ3v) is 5.78. The summed E-state index contributed by atoms with van der Waals surface area (Å²) in [6.07, 6.45) is 2.92. The molecule has 1 heterocycles. The summed E-state index contributed by atoms with van der Waals surface area (Å²) in [6.45, 7) is 2.00. The van der Waals surface area contributed by atoms with Gasteiger partial charge in [-0.15, -0.1) is 11.3 Å². The minimum absolute atomic E-state index is 0.0940. The lowest BCUT2D eigenvalue weighted by Crippen LogP contribution is -2.45. The molecule has 126 valence electrons. The van der Waals surface area contributed by atoms with Gasteiger partial charge in [-0.05, 0) is 37.5 Å². The van der Waals surface area contributed by atoms with Crippen LogP contribution in [0.4, 0.5) is 5.69 Å². The minimum atomic E-state index is -0.380. The Bertz CT molecular complexity index is 897. The first-order chi connectivity index (χ1) is 12.2. The quantitative estimate of drug-likeness (QED) is 0.706. The molecule has 3 nitrogen and oxygen atoms in total. The second-order valence-electron chi connectivity index (χ2n) is 6.59. The topological polar surface area (TPSA) is 42.0 Å². The molecular weight excluding hydrogens is 328 g/mol. The lowest BCUT2D eigenvalue weighted by atomic mass is 9.64. The van der Waals surface area contributed by atoms with E-state index in [1.165, 1.54) is 0 Å². The highest BCUT2D eigenvalue weighted by molar-refractivity contribution is 7.09. The number of hydrogen-bond acceptors (Lipinski definition) is 3. The molecule has 1 aromatic heterocycles. The highest BCUT2D eigenvalue weighted by Crippen LogP contribution is 2.44. The predicted molar refractivity (Wildman–Crippen MR) is 103 cm³/mol. The smallest absolute Gasteiger partial charge is 0.235 e. The molecule has 1 N–H and O–H groups in total. The molecule has 0 saturated heterocycles. The van der Waals surface area contributed by atoms with E-state index in [0.29, 0.717) is 0 Å². The first kappa shape index (κ1) is 16.0. The second-order valence-corrected chi connectivity index (χ2v) is 7.65. The van der Waals surface area contributed by atoms with Crippen molar-refractivity contribution in [1.29, 1.82) is 0 Å². The molecule has 1 saturated carbocycles. The first-order valence-electron chi connectivity index (χ1n) is 8.57. The van der Waals surface area contributed by atoms with Crippen molar-refractivity contribution in [2.75, 3.05) is 5.32 Å². The molecule has 0 unspecified atom stereocenters. The maximum atomic E-state index is 13.0. The van der Waals surface area contributed by atoms with Gasteiger partial charge in [0.25, 0.3) is 0 Å². The summed E-state index contributed by atoms with van der Waals surface area (Å²) in [4.78, 5) is 17.6. The zero-order chi connectivity index (χ0) is 17.3. The van der Waals surface area contributed by atoms with Gasteiger partial charge in [0, 0.05) is 16.6 Å². The first-order valence-corrected chi connectivity index (χ1v) is 9.45. The van der Waals surface area contributed by atoms with Crippen molar-refractivity contribution < 1.29 is 4.79 Å². The lowest BCUT2D eigenvalue weighted by molar-refractivity contribution is -0.124. The van der Waals surface area contributed by atoms with Crippen LogP contribution in [-0.2, 0) is 10.2 Å². The van der Waals surface area contributed by atoms with E-state index >= 15 is 0 Å². The zero-order valence-electron chi connectivity index (χ0n) is 14.2. The van der Waals surface area contributed by atoms with Crippen LogP contribution in [-0.4, -0.2) is 10.9 Å². The van der Waals surface area contributed by atoms with Crippen molar-refractivity contribution >= 4 is 22.9 Å². The van der Waals surface area contributed by atoms with Crippen LogP contribution in [0.2, 0.25) is 0 Å². The second kappa shape index (κ2) is 6.45. The lowest BCUT2D eigenvalue weighted by Gasteiger charge is -2.40. The summed E-state index contributed by atoms with van der Waals surface area (Å²) in [7, 11) is 0. The average molecular weight is 348 g/mol. The number of amides is 1. The number of hydrogen-bond donors (Lipinski definition) is 1. The van der Waals surface area contributed by atoms with E-state index in [4.69, 9.17) is 0 Å². The molecule has 0 atom stereocenters. The van der Waals surface area contributed by atoms with Crippen LogP contribution in [0, 0.1) is 6.92 Å². The van der Waals surface area contributed by atoms with Crippen LogP contribution >= 0.6 is 11.3 Å². The van der Waals surface area contributed by atoms with Crippen molar-refractivity contribution in [3.05, 3.63) is 70.5 Å².